The summed E-state index contributed by atoms with van der Waals surface area (Å²) in [5, 5.41) is 3.01. The molecule has 1 spiro atoms. The molecule has 2 atom stereocenters. The third-order valence-corrected chi connectivity index (χ3v) is 7.34. The molecule has 3 aliphatic rings. The van der Waals surface area contributed by atoms with Gasteiger partial charge < -0.3 is 20.0 Å². The normalized spacial score (nSPS) is 28.6. The number of nitrogens with zero attached hydrogens (tertiary/aromatic N) is 3. The van der Waals surface area contributed by atoms with Crippen LogP contribution in [0.15, 0.2) is 0 Å². The smallest absolute Gasteiger partial charge is 0.317 e. The Morgan fingerprint density at radius 3 is 2.25 bits per heavy atom. The molecule has 1 N–H and O–H groups in total. The van der Waals surface area contributed by atoms with Crippen molar-refractivity contribution < 1.29 is 14.4 Å². The Balaban J connectivity index is 1.74. The van der Waals surface area contributed by atoms with Crippen molar-refractivity contribution in [3.63, 3.8) is 0 Å². The number of piperidine rings is 1. The molecule has 0 radical (unpaired) electrons. The lowest BCUT2D eigenvalue weighted by Crippen LogP contribution is -2.51. The van der Waals surface area contributed by atoms with Crippen LogP contribution in [0.3, 0.4) is 0 Å². The fourth-order valence-corrected chi connectivity index (χ4v) is 5.76. The first kappa shape index (κ1) is 20.9. The molecule has 0 aromatic carbocycles. The van der Waals surface area contributed by atoms with E-state index in [-0.39, 0.29) is 29.2 Å². The van der Waals surface area contributed by atoms with Crippen LogP contribution in [0.2, 0.25) is 0 Å². The molecule has 0 aromatic heterocycles. The van der Waals surface area contributed by atoms with E-state index in [9.17, 15) is 14.4 Å². The Morgan fingerprint density at radius 1 is 1.07 bits per heavy atom. The van der Waals surface area contributed by atoms with E-state index in [2.05, 4.69) is 19.2 Å². The van der Waals surface area contributed by atoms with Crippen LogP contribution in [0.5, 0.6) is 0 Å². The number of carbonyl (C=O) groups excluding carboxylic acids is 3. The van der Waals surface area contributed by atoms with Crippen molar-refractivity contribution in [2.45, 2.75) is 46.5 Å². The van der Waals surface area contributed by atoms with Crippen LogP contribution < -0.4 is 5.32 Å². The summed E-state index contributed by atoms with van der Waals surface area (Å²) >= 11 is 0. The van der Waals surface area contributed by atoms with Crippen LogP contribution in [-0.2, 0) is 9.59 Å². The summed E-state index contributed by atoms with van der Waals surface area (Å²) in [6.07, 6.45) is 3.70. The molecular weight excluding hydrogens is 356 g/mol. The lowest BCUT2D eigenvalue weighted by molar-refractivity contribution is -0.141. The molecule has 4 amide bonds. The van der Waals surface area contributed by atoms with Gasteiger partial charge in [0.15, 0.2) is 0 Å². The number of amides is 4. The predicted molar refractivity (Wildman–Crippen MR) is 108 cm³/mol. The van der Waals surface area contributed by atoms with Gasteiger partial charge in [-0.2, -0.15) is 0 Å². The van der Waals surface area contributed by atoms with Crippen molar-refractivity contribution in [2.24, 2.45) is 22.7 Å². The molecule has 2 saturated heterocycles. The molecule has 7 heteroatoms. The van der Waals surface area contributed by atoms with Crippen molar-refractivity contribution >= 4 is 17.8 Å². The van der Waals surface area contributed by atoms with E-state index in [4.69, 9.17) is 0 Å². The Hall–Kier alpha value is -1.79. The van der Waals surface area contributed by atoms with Crippen molar-refractivity contribution in [3.8, 4) is 0 Å². The number of carbonyl (C=O) groups is 3. The Bertz CT molecular complexity index is 640. The fraction of sp³-hybridized carbons (Fsp3) is 0.857. The van der Waals surface area contributed by atoms with Gasteiger partial charge in [-0.25, -0.2) is 4.79 Å². The first-order valence-electron chi connectivity index (χ1n) is 10.6. The van der Waals surface area contributed by atoms with E-state index in [1.54, 1.807) is 11.8 Å². The molecule has 3 fully saturated rings. The Labute approximate surface area is 168 Å². The average Bonchev–Trinajstić information content (AvgIpc) is 3.17. The van der Waals surface area contributed by atoms with E-state index >= 15 is 0 Å². The topological polar surface area (TPSA) is 73.0 Å². The summed E-state index contributed by atoms with van der Waals surface area (Å²) in [6, 6.07) is 0.0222. The van der Waals surface area contributed by atoms with E-state index in [1.165, 1.54) is 0 Å². The maximum Gasteiger partial charge on any atom is 0.317 e. The number of likely N-dealkylation sites (tertiary alicyclic amines) is 2. The molecular formula is C21H36N4O3. The number of urea groups is 1. The monoisotopic (exact) mass is 392 g/mol. The highest BCUT2D eigenvalue weighted by molar-refractivity contribution is 5.86. The molecule has 7 nitrogen and oxygen atoms in total. The molecule has 2 aliphatic heterocycles. The highest BCUT2D eigenvalue weighted by atomic mass is 16.2. The zero-order valence-electron chi connectivity index (χ0n) is 18.1. The minimum atomic E-state index is -0.447. The third kappa shape index (κ3) is 3.48. The predicted octanol–water partition coefficient (Wildman–Crippen LogP) is 1.78. The first-order chi connectivity index (χ1) is 13.1. The first-order valence-corrected chi connectivity index (χ1v) is 10.6. The maximum atomic E-state index is 13.2. The van der Waals surface area contributed by atoms with E-state index in [0.29, 0.717) is 25.6 Å². The van der Waals surface area contributed by atoms with Gasteiger partial charge in [-0.15, -0.1) is 0 Å². The summed E-state index contributed by atoms with van der Waals surface area (Å²) < 4.78 is 0. The van der Waals surface area contributed by atoms with E-state index < -0.39 is 5.41 Å². The standard InChI is InChI=1S/C21H36N4O3/c1-15(2)12-22-19(28)24-10-8-20(9-11-24)6-7-21(18(27)23(4)5)14-25(16(3)26)13-17(20)21/h15,17H,6-14H2,1-5H3,(H,22,28)/t17-,21+/m0/s1. The molecule has 0 aromatic rings. The highest BCUT2D eigenvalue weighted by Gasteiger charge is 2.65. The van der Waals surface area contributed by atoms with Gasteiger partial charge in [0.2, 0.25) is 11.8 Å². The number of hydrogen-bond donors (Lipinski definition) is 1. The van der Waals surface area contributed by atoms with Crippen LogP contribution in [0, 0.1) is 22.7 Å². The minimum Gasteiger partial charge on any atom is -0.348 e. The molecule has 1 aliphatic carbocycles. The summed E-state index contributed by atoms with van der Waals surface area (Å²) in [7, 11) is 3.63. The van der Waals surface area contributed by atoms with Gasteiger partial charge in [-0.05, 0) is 42.9 Å². The van der Waals surface area contributed by atoms with Crippen LogP contribution in [0.25, 0.3) is 0 Å². The zero-order valence-corrected chi connectivity index (χ0v) is 18.1. The van der Waals surface area contributed by atoms with Crippen LogP contribution in [-0.4, -0.2) is 79.4 Å². The molecule has 28 heavy (non-hydrogen) atoms. The van der Waals surface area contributed by atoms with Gasteiger partial charge in [0.05, 0.1) is 5.41 Å². The fourth-order valence-electron chi connectivity index (χ4n) is 5.76. The lowest BCUT2D eigenvalue weighted by Gasteiger charge is -2.44. The van der Waals surface area contributed by atoms with Gasteiger partial charge in [-0.1, -0.05) is 13.8 Å². The molecule has 0 bridgehead atoms. The van der Waals surface area contributed by atoms with Crippen molar-refractivity contribution in [2.75, 3.05) is 46.8 Å². The van der Waals surface area contributed by atoms with Gasteiger partial charge in [-0.3, -0.25) is 9.59 Å². The highest BCUT2D eigenvalue weighted by Crippen LogP contribution is 2.62. The molecule has 3 rings (SSSR count). The zero-order chi connectivity index (χ0) is 20.7. The number of nitrogens with one attached hydrogen (secondary N) is 1. The second-order valence-corrected chi connectivity index (χ2v) is 9.74. The van der Waals surface area contributed by atoms with E-state index in [0.717, 1.165) is 38.8 Å². The van der Waals surface area contributed by atoms with Crippen LogP contribution in [0.4, 0.5) is 4.79 Å². The van der Waals surface area contributed by atoms with E-state index in [1.807, 2.05) is 23.9 Å². The summed E-state index contributed by atoms with van der Waals surface area (Å²) in [4.78, 5) is 43.2. The van der Waals surface area contributed by atoms with Crippen molar-refractivity contribution in [3.05, 3.63) is 0 Å². The number of rotatable bonds is 3. The summed E-state index contributed by atoms with van der Waals surface area (Å²) in [6.45, 7) is 9.15. The molecule has 158 valence electrons. The molecule has 0 unspecified atom stereocenters. The van der Waals surface area contributed by atoms with Crippen LogP contribution in [0.1, 0.15) is 46.5 Å². The molecule has 1 saturated carbocycles. The largest absolute Gasteiger partial charge is 0.348 e. The molecule has 2 heterocycles. The second-order valence-electron chi connectivity index (χ2n) is 9.74. The average molecular weight is 393 g/mol. The number of hydrogen-bond acceptors (Lipinski definition) is 3. The second kappa shape index (κ2) is 7.56. The van der Waals surface area contributed by atoms with Crippen molar-refractivity contribution in [1.82, 2.24) is 20.0 Å². The number of fused-ring (bicyclic) bond motifs is 2. The summed E-state index contributed by atoms with van der Waals surface area (Å²) in [5.41, 5.74) is -0.387. The van der Waals surface area contributed by atoms with Gasteiger partial charge >= 0.3 is 6.03 Å². The quantitative estimate of drug-likeness (QED) is 0.796. The summed E-state index contributed by atoms with van der Waals surface area (Å²) in [5.74, 6) is 0.847. The Morgan fingerprint density at radius 2 is 1.71 bits per heavy atom. The lowest BCUT2D eigenvalue weighted by atomic mass is 9.65. The van der Waals surface area contributed by atoms with Crippen LogP contribution >= 0.6 is 0 Å². The van der Waals surface area contributed by atoms with Gasteiger partial charge in [0.25, 0.3) is 0 Å². The van der Waals surface area contributed by atoms with Crippen molar-refractivity contribution in [1.29, 1.82) is 0 Å². The Kier molecular flexibility index (Phi) is 5.65. The third-order valence-electron chi connectivity index (χ3n) is 7.34. The van der Waals surface area contributed by atoms with Gasteiger partial charge in [0.1, 0.15) is 0 Å². The minimum absolute atomic E-state index is 0.0222. The maximum absolute atomic E-state index is 13.2. The van der Waals surface area contributed by atoms with Gasteiger partial charge in [0, 0.05) is 53.7 Å². The SMILES string of the molecule is CC(=O)N1C[C@H]2C3(CCN(C(=O)NCC(C)C)CC3)CC[C@@]2(C(=O)N(C)C)C1.